The molecule has 3 rings (SSSR count). The largest absolute Gasteiger partial charge is 0.463 e. The number of methoxy groups -OCH3 is 1. The van der Waals surface area contributed by atoms with E-state index in [2.05, 4.69) is 0 Å². The highest BCUT2D eigenvalue weighted by molar-refractivity contribution is 5.74. The maximum absolute atomic E-state index is 11.8. The number of carbonyl (C=O) groups excluding carboxylic acids is 1. The van der Waals surface area contributed by atoms with Gasteiger partial charge in [0.2, 0.25) is 0 Å². The minimum atomic E-state index is -1.09. The van der Waals surface area contributed by atoms with Gasteiger partial charge in [-0.25, -0.2) is 4.79 Å². The van der Waals surface area contributed by atoms with Crippen LogP contribution in [0.5, 0.6) is 11.5 Å². The van der Waals surface area contributed by atoms with E-state index in [0.717, 1.165) is 11.1 Å². The lowest BCUT2D eigenvalue weighted by atomic mass is 10.0. The minimum Gasteiger partial charge on any atom is -0.463 e. The highest BCUT2D eigenvalue weighted by Crippen LogP contribution is 2.30. The van der Waals surface area contributed by atoms with Crippen molar-refractivity contribution in [3.8, 4) is 11.5 Å². The van der Waals surface area contributed by atoms with Crippen LogP contribution in [-0.2, 0) is 16.0 Å². The zero-order chi connectivity index (χ0) is 13.9. The Kier molecular flexibility index (Phi) is 3.29. The molecular weight excluding hydrogens is 256 g/mol. The van der Waals surface area contributed by atoms with Gasteiger partial charge in [-0.15, -0.1) is 0 Å². The first-order valence-corrected chi connectivity index (χ1v) is 6.35. The summed E-state index contributed by atoms with van der Waals surface area (Å²) in [5.41, 5.74) is 2.02. The van der Waals surface area contributed by atoms with Crippen molar-refractivity contribution < 1.29 is 19.0 Å². The Morgan fingerprint density at radius 2 is 1.50 bits per heavy atom. The van der Waals surface area contributed by atoms with Crippen LogP contribution in [0, 0.1) is 0 Å². The summed E-state index contributed by atoms with van der Waals surface area (Å²) in [4.78, 5) is 11.8. The summed E-state index contributed by atoms with van der Waals surface area (Å²) in [5.74, 6) is 0.714. The van der Waals surface area contributed by atoms with E-state index in [1.54, 1.807) is 0 Å². The molecule has 0 spiro atoms. The second-order valence-electron chi connectivity index (χ2n) is 4.48. The molecule has 0 radical (unpaired) electrons. The number of benzene rings is 2. The minimum absolute atomic E-state index is 0.559. The standard InChI is InChI=1S/C16H14O4/c1-18-15(17)16-19-13-8-4-2-6-11(13)10-12-7-3-5-9-14(12)20-16/h2-9,16H,10H2,1H3. The molecule has 0 fully saturated rings. The van der Waals surface area contributed by atoms with Crippen molar-refractivity contribution in [2.45, 2.75) is 12.7 Å². The van der Waals surface area contributed by atoms with Crippen LogP contribution in [0.2, 0.25) is 0 Å². The molecule has 0 N–H and O–H groups in total. The fourth-order valence-electron chi connectivity index (χ4n) is 2.18. The highest BCUT2D eigenvalue weighted by Gasteiger charge is 2.27. The van der Waals surface area contributed by atoms with E-state index in [0.29, 0.717) is 17.9 Å². The number of rotatable bonds is 1. The van der Waals surface area contributed by atoms with Crippen molar-refractivity contribution in [1.82, 2.24) is 0 Å². The third-order valence-corrected chi connectivity index (χ3v) is 3.19. The van der Waals surface area contributed by atoms with Crippen molar-refractivity contribution in [3.05, 3.63) is 59.7 Å². The van der Waals surface area contributed by atoms with Crippen LogP contribution in [0.15, 0.2) is 48.5 Å². The number of hydrogen-bond acceptors (Lipinski definition) is 4. The lowest BCUT2D eigenvalue weighted by Gasteiger charge is -2.24. The number of para-hydroxylation sites is 2. The van der Waals surface area contributed by atoms with E-state index in [1.807, 2.05) is 48.5 Å². The molecule has 0 aromatic heterocycles. The van der Waals surface area contributed by atoms with Gasteiger partial charge in [-0.3, -0.25) is 0 Å². The van der Waals surface area contributed by atoms with Gasteiger partial charge in [-0.05, 0) is 23.3 Å². The molecule has 2 aromatic rings. The van der Waals surface area contributed by atoms with E-state index in [1.165, 1.54) is 7.11 Å². The van der Waals surface area contributed by atoms with Crippen molar-refractivity contribution in [2.75, 3.05) is 7.11 Å². The van der Waals surface area contributed by atoms with Gasteiger partial charge in [0.25, 0.3) is 0 Å². The van der Waals surface area contributed by atoms with Gasteiger partial charge in [0, 0.05) is 6.42 Å². The monoisotopic (exact) mass is 270 g/mol. The molecule has 20 heavy (non-hydrogen) atoms. The third kappa shape index (κ3) is 2.32. The first kappa shape index (κ1) is 12.5. The van der Waals surface area contributed by atoms with Crippen LogP contribution >= 0.6 is 0 Å². The molecule has 1 heterocycles. The van der Waals surface area contributed by atoms with Gasteiger partial charge in [0.1, 0.15) is 11.5 Å². The van der Waals surface area contributed by atoms with Crippen LogP contribution in [0.4, 0.5) is 0 Å². The average Bonchev–Trinajstić information content (AvgIpc) is 2.46. The molecule has 1 aliphatic rings. The summed E-state index contributed by atoms with van der Waals surface area (Å²) in [6.45, 7) is 0. The summed E-state index contributed by atoms with van der Waals surface area (Å²) in [6, 6.07) is 15.2. The van der Waals surface area contributed by atoms with E-state index in [9.17, 15) is 4.79 Å². The van der Waals surface area contributed by atoms with Crippen molar-refractivity contribution in [3.63, 3.8) is 0 Å². The Morgan fingerprint density at radius 3 is 2.00 bits per heavy atom. The smallest absolute Gasteiger partial charge is 0.389 e. The summed E-state index contributed by atoms with van der Waals surface area (Å²) < 4.78 is 16.0. The van der Waals surface area contributed by atoms with Crippen molar-refractivity contribution in [1.29, 1.82) is 0 Å². The number of fused-ring (bicyclic) bond motifs is 2. The van der Waals surface area contributed by atoms with Gasteiger partial charge in [-0.1, -0.05) is 36.4 Å². The second kappa shape index (κ2) is 5.25. The Hall–Kier alpha value is -2.49. The topological polar surface area (TPSA) is 44.8 Å². The molecule has 0 bridgehead atoms. The predicted octanol–water partition coefficient (Wildman–Crippen LogP) is 2.55. The summed E-state index contributed by atoms with van der Waals surface area (Å²) >= 11 is 0. The lowest BCUT2D eigenvalue weighted by Crippen LogP contribution is -2.35. The molecule has 0 saturated carbocycles. The van der Waals surface area contributed by atoms with Crippen LogP contribution in [0.1, 0.15) is 11.1 Å². The molecule has 0 aliphatic carbocycles. The Labute approximate surface area is 116 Å². The number of esters is 1. The number of carbonyl (C=O) groups is 1. The van der Waals surface area contributed by atoms with Gasteiger partial charge in [-0.2, -0.15) is 0 Å². The molecule has 4 nitrogen and oxygen atoms in total. The predicted molar refractivity (Wildman–Crippen MR) is 72.8 cm³/mol. The first-order valence-electron chi connectivity index (χ1n) is 6.35. The molecular formula is C16H14O4. The van der Waals surface area contributed by atoms with E-state index in [4.69, 9.17) is 14.2 Å². The SMILES string of the molecule is COC(=O)C1Oc2ccccc2Cc2ccccc2O1. The van der Waals surface area contributed by atoms with Crippen LogP contribution in [-0.4, -0.2) is 19.4 Å². The van der Waals surface area contributed by atoms with E-state index >= 15 is 0 Å². The fourth-order valence-corrected chi connectivity index (χ4v) is 2.18. The molecule has 0 atom stereocenters. The maximum atomic E-state index is 11.8. The van der Waals surface area contributed by atoms with Crippen LogP contribution in [0.3, 0.4) is 0 Å². The molecule has 102 valence electrons. The normalized spacial score (nSPS) is 13.8. The lowest BCUT2D eigenvalue weighted by molar-refractivity contribution is -0.162. The molecule has 1 aliphatic heterocycles. The van der Waals surface area contributed by atoms with E-state index in [-0.39, 0.29) is 0 Å². The number of hydrogen-bond donors (Lipinski definition) is 0. The Balaban J connectivity index is 2.07. The van der Waals surface area contributed by atoms with Crippen molar-refractivity contribution in [2.24, 2.45) is 0 Å². The number of ether oxygens (including phenoxy) is 3. The summed E-state index contributed by atoms with van der Waals surface area (Å²) in [7, 11) is 1.31. The Bertz CT molecular complexity index is 588. The maximum Gasteiger partial charge on any atom is 0.389 e. The zero-order valence-corrected chi connectivity index (χ0v) is 11.0. The van der Waals surface area contributed by atoms with Crippen molar-refractivity contribution >= 4 is 5.97 Å². The van der Waals surface area contributed by atoms with Gasteiger partial charge in [0.05, 0.1) is 7.11 Å². The summed E-state index contributed by atoms with van der Waals surface area (Å²) in [6.07, 6.45) is -0.400. The molecule has 0 amide bonds. The molecule has 2 aromatic carbocycles. The van der Waals surface area contributed by atoms with Gasteiger partial charge >= 0.3 is 12.3 Å². The van der Waals surface area contributed by atoms with Gasteiger partial charge < -0.3 is 14.2 Å². The molecule has 0 unspecified atom stereocenters. The first-order chi connectivity index (χ1) is 9.78. The van der Waals surface area contributed by atoms with Crippen LogP contribution in [0.25, 0.3) is 0 Å². The zero-order valence-electron chi connectivity index (χ0n) is 11.0. The summed E-state index contributed by atoms with van der Waals surface area (Å²) in [5, 5.41) is 0. The molecule has 0 saturated heterocycles. The quantitative estimate of drug-likeness (QED) is 0.747. The molecule has 4 heteroatoms. The fraction of sp³-hybridized carbons (Fsp3) is 0.188. The van der Waals surface area contributed by atoms with E-state index < -0.39 is 12.3 Å². The highest BCUT2D eigenvalue weighted by atomic mass is 16.7. The van der Waals surface area contributed by atoms with Crippen LogP contribution < -0.4 is 9.47 Å². The third-order valence-electron chi connectivity index (χ3n) is 3.19. The Morgan fingerprint density at radius 1 is 1.00 bits per heavy atom. The average molecular weight is 270 g/mol. The second-order valence-corrected chi connectivity index (χ2v) is 4.48. The van der Waals surface area contributed by atoms with Gasteiger partial charge in [0.15, 0.2) is 0 Å².